The van der Waals surface area contributed by atoms with Crippen molar-refractivity contribution in [3.05, 3.63) is 48.0 Å². The topological polar surface area (TPSA) is 87.9 Å². The average molecular weight is 415 g/mol. The maximum absolute atomic E-state index is 12.3. The fraction of sp³-hybridized carbons (Fsp3) is 0.500. The smallest absolute Gasteiger partial charge is 0.290 e. The molecule has 0 unspecified atom stereocenters. The molecule has 8 heteroatoms. The largest absolute Gasteiger partial charge is 0.497 e. The Labute approximate surface area is 177 Å². The zero-order chi connectivity index (χ0) is 21.7. The SMILES string of the molecule is CCn1cnc(CN2C[C@@H]3CN(C(C)=O)[C@@H](c4ccc(OC)cc4)[C@@H]3C2)c1.O=CO. The fourth-order valence-electron chi connectivity index (χ4n) is 4.71. The minimum atomic E-state index is -0.250. The predicted molar refractivity (Wildman–Crippen MR) is 112 cm³/mol. The molecule has 30 heavy (non-hydrogen) atoms. The second-order valence-electron chi connectivity index (χ2n) is 7.81. The second-order valence-corrected chi connectivity index (χ2v) is 7.81. The van der Waals surface area contributed by atoms with Gasteiger partial charge in [0.05, 0.1) is 25.2 Å². The number of amides is 1. The van der Waals surface area contributed by atoms with Gasteiger partial charge in [-0.1, -0.05) is 12.1 Å². The van der Waals surface area contributed by atoms with Crippen molar-refractivity contribution in [1.82, 2.24) is 19.4 Å². The molecule has 1 aromatic heterocycles. The number of benzene rings is 1. The van der Waals surface area contributed by atoms with E-state index in [0.29, 0.717) is 11.8 Å². The molecule has 1 N–H and O–H groups in total. The number of nitrogens with zero attached hydrogens (tertiary/aromatic N) is 4. The molecule has 3 heterocycles. The maximum atomic E-state index is 12.3. The quantitative estimate of drug-likeness (QED) is 0.755. The van der Waals surface area contributed by atoms with Crippen molar-refractivity contribution in [2.24, 2.45) is 11.8 Å². The number of rotatable bonds is 5. The second kappa shape index (κ2) is 9.75. The van der Waals surface area contributed by atoms with Gasteiger partial charge in [-0.3, -0.25) is 14.5 Å². The minimum absolute atomic E-state index is 0.150. The molecule has 0 bridgehead atoms. The van der Waals surface area contributed by atoms with Gasteiger partial charge < -0.3 is 19.3 Å². The molecule has 0 aliphatic carbocycles. The number of ether oxygens (including phenoxy) is 1. The van der Waals surface area contributed by atoms with Crippen molar-refractivity contribution in [1.29, 1.82) is 0 Å². The summed E-state index contributed by atoms with van der Waals surface area (Å²) in [6.07, 6.45) is 4.04. The summed E-state index contributed by atoms with van der Waals surface area (Å²) >= 11 is 0. The first-order valence-electron chi connectivity index (χ1n) is 10.2. The number of carbonyl (C=O) groups excluding carboxylic acids is 1. The van der Waals surface area contributed by atoms with Crippen molar-refractivity contribution in [3.8, 4) is 5.75 Å². The normalized spacial score (nSPS) is 22.9. The van der Waals surface area contributed by atoms with E-state index in [2.05, 4.69) is 44.6 Å². The lowest BCUT2D eigenvalue weighted by Crippen LogP contribution is -2.34. The van der Waals surface area contributed by atoms with Crippen LogP contribution in [0, 0.1) is 11.8 Å². The van der Waals surface area contributed by atoms with Crippen molar-refractivity contribution < 1.29 is 19.4 Å². The number of fused-ring (bicyclic) bond motifs is 1. The third-order valence-corrected chi connectivity index (χ3v) is 6.04. The molecule has 162 valence electrons. The van der Waals surface area contributed by atoms with E-state index in [1.54, 1.807) is 14.0 Å². The molecule has 8 nitrogen and oxygen atoms in total. The Hall–Kier alpha value is -2.87. The highest BCUT2D eigenvalue weighted by atomic mass is 16.5. The van der Waals surface area contributed by atoms with Gasteiger partial charge in [0.1, 0.15) is 5.75 Å². The Morgan fingerprint density at radius 3 is 2.53 bits per heavy atom. The molecule has 0 radical (unpaired) electrons. The highest BCUT2D eigenvalue weighted by molar-refractivity contribution is 5.74. The molecular weight excluding hydrogens is 384 g/mol. The summed E-state index contributed by atoms with van der Waals surface area (Å²) < 4.78 is 7.40. The molecule has 2 aliphatic rings. The molecule has 1 aromatic carbocycles. The van der Waals surface area contributed by atoms with Gasteiger partial charge >= 0.3 is 0 Å². The van der Waals surface area contributed by atoms with E-state index in [1.165, 1.54) is 5.56 Å². The first-order valence-corrected chi connectivity index (χ1v) is 10.2. The molecular formula is C22H30N4O4. The van der Waals surface area contributed by atoms with Crippen molar-refractivity contribution in [3.63, 3.8) is 0 Å². The number of aromatic nitrogens is 2. The van der Waals surface area contributed by atoms with Crippen molar-refractivity contribution >= 4 is 12.4 Å². The summed E-state index contributed by atoms with van der Waals surface area (Å²) in [6.45, 7) is 8.27. The minimum Gasteiger partial charge on any atom is -0.497 e. The van der Waals surface area contributed by atoms with Crippen LogP contribution in [0.4, 0.5) is 0 Å². The summed E-state index contributed by atoms with van der Waals surface area (Å²) in [6, 6.07) is 8.34. The van der Waals surface area contributed by atoms with Crippen LogP contribution in [-0.2, 0) is 22.7 Å². The lowest BCUT2D eigenvalue weighted by molar-refractivity contribution is -0.130. The van der Waals surface area contributed by atoms with Gasteiger partial charge in [0.2, 0.25) is 5.91 Å². The molecule has 1 amide bonds. The summed E-state index contributed by atoms with van der Waals surface area (Å²) in [5.41, 5.74) is 2.33. The Balaban J connectivity index is 0.000000806. The third-order valence-electron chi connectivity index (χ3n) is 6.04. The lowest BCUT2D eigenvalue weighted by Gasteiger charge is -2.29. The van der Waals surface area contributed by atoms with E-state index in [0.717, 1.165) is 44.2 Å². The van der Waals surface area contributed by atoms with Gasteiger partial charge in [-0.15, -0.1) is 0 Å². The fourth-order valence-corrected chi connectivity index (χ4v) is 4.71. The van der Waals surface area contributed by atoms with Crippen LogP contribution in [-0.4, -0.2) is 63.6 Å². The van der Waals surface area contributed by atoms with Gasteiger partial charge in [0.15, 0.2) is 0 Å². The lowest BCUT2D eigenvalue weighted by atomic mass is 9.89. The molecule has 2 fully saturated rings. The summed E-state index contributed by atoms with van der Waals surface area (Å²) in [5.74, 6) is 2.01. The molecule has 0 spiro atoms. The summed E-state index contributed by atoms with van der Waals surface area (Å²) in [7, 11) is 1.68. The van der Waals surface area contributed by atoms with Crippen LogP contribution in [0.2, 0.25) is 0 Å². The molecule has 2 saturated heterocycles. The molecule has 2 aliphatic heterocycles. The highest BCUT2D eigenvalue weighted by Crippen LogP contribution is 2.45. The summed E-state index contributed by atoms with van der Waals surface area (Å²) in [4.78, 5) is 29.7. The number of carboxylic acid groups (broad SMARTS) is 1. The number of likely N-dealkylation sites (tertiary alicyclic amines) is 2. The van der Waals surface area contributed by atoms with Crippen LogP contribution in [0.1, 0.15) is 31.1 Å². The van der Waals surface area contributed by atoms with Crippen LogP contribution in [0.3, 0.4) is 0 Å². The van der Waals surface area contributed by atoms with Crippen LogP contribution in [0.5, 0.6) is 5.75 Å². The van der Waals surface area contributed by atoms with Crippen LogP contribution < -0.4 is 4.74 Å². The van der Waals surface area contributed by atoms with E-state index >= 15 is 0 Å². The Kier molecular flexibility index (Phi) is 7.10. The molecule has 4 rings (SSSR count). The zero-order valence-electron chi connectivity index (χ0n) is 17.8. The van der Waals surface area contributed by atoms with Crippen molar-refractivity contribution in [2.75, 3.05) is 26.7 Å². The first-order chi connectivity index (χ1) is 14.5. The third kappa shape index (κ3) is 4.64. The van der Waals surface area contributed by atoms with Crippen LogP contribution in [0.25, 0.3) is 0 Å². The van der Waals surface area contributed by atoms with Gasteiger partial charge in [0.25, 0.3) is 6.47 Å². The standard InChI is InChI=1S/C21H28N4O2.CH2O2/c1-4-23-11-18(22-14-23)12-24-9-17-10-25(15(2)26)21(20(17)13-24)16-5-7-19(27-3)8-6-16;2-1-3/h5-8,11,14,17,20-21H,4,9-10,12-13H2,1-3H3;1H,(H,2,3)/t17-,20-,21+;/m1./s1. The number of aryl methyl sites for hydroxylation is 1. The van der Waals surface area contributed by atoms with Gasteiger partial charge in [-0.2, -0.15) is 0 Å². The maximum Gasteiger partial charge on any atom is 0.290 e. The van der Waals surface area contributed by atoms with Gasteiger partial charge in [-0.05, 0) is 30.5 Å². The summed E-state index contributed by atoms with van der Waals surface area (Å²) in [5, 5.41) is 6.89. The van der Waals surface area contributed by atoms with Gasteiger partial charge in [-0.25, -0.2) is 4.98 Å². The highest BCUT2D eigenvalue weighted by Gasteiger charge is 2.48. The number of hydrogen-bond acceptors (Lipinski definition) is 5. The van der Waals surface area contributed by atoms with Gasteiger partial charge in [0, 0.05) is 51.8 Å². The zero-order valence-corrected chi connectivity index (χ0v) is 17.8. The van der Waals surface area contributed by atoms with Crippen LogP contribution >= 0.6 is 0 Å². The Bertz CT molecular complexity index is 851. The van der Waals surface area contributed by atoms with E-state index in [4.69, 9.17) is 14.6 Å². The number of imidazole rings is 1. The van der Waals surface area contributed by atoms with E-state index in [1.807, 2.05) is 18.5 Å². The predicted octanol–water partition coefficient (Wildman–Crippen LogP) is 2.26. The Morgan fingerprint density at radius 1 is 1.27 bits per heavy atom. The Morgan fingerprint density at radius 2 is 1.97 bits per heavy atom. The molecule has 0 saturated carbocycles. The number of carbonyl (C=O) groups is 2. The monoisotopic (exact) mass is 414 g/mol. The van der Waals surface area contributed by atoms with E-state index in [-0.39, 0.29) is 18.4 Å². The number of methoxy groups -OCH3 is 1. The van der Waals surface area contributed by atoms with Crippen LogP contribution in [0.15, 0.2) is 36.8 Å². The average Bonchev–Trinajstić information content (AvgIpc) is 3.43. The number of hydrogen-bond donors (Lipinski definition) is 1. The van der Waals surface area contributed by atoms with Crippen molar-refractivity contribution in [2.45, 2.75) is 33.0 Å². The van der Waals surface area contributed by atoms with E-state index < -0.39 is 0 Å². The first kappa shape index (κ1) is 21.8. The molecule has 3 atom stereocenters. The van der Waals surface area contributed by atoms with E-state index in [9.17, 15) is 4.79 Å². The molecule has 2 aromatic rings.